The number of carbonyl (C=O) groups is 1. The average Bonchev–Trinajstić information content (AvgIpc) is 2.41. The Bertz CT molecular complexity index is 682. The Kier molecular flexibility index (Phi) is 4.01. The van der Waals surface area contributed by atoms with Crippen LogP contribution in [0, 0.1) is 17.1 Å². The quantitative estimate of drug-likeness (QED) is 0.835. The fraction of sp³-hybridized carbons (Fsp3) is 0.333. The number of nitrogens with zero attached hydrogens (tertiary/aromatic N) is 1. The number of sulfonamides is 1. The predicted octanol–water partition coefficient (Wildman–Crippen LogP) is 0.254. The molecule has 6 nitrogen and oxygen atoms in total. The molecule has 1 aliphatic rings. The van der Waals surface area contributed by atoms with Crippen molar-refractivity contribution >= 4 is 15.9 Å². The van der Waals surface area contributed by atoms with Gasteiger partial charge >= 0.3 is 0 Å². The lowest BCUT2D eigenvalue weighted by atomic mass is 10.1. The predicted molar refractivity (Wildman–Crippen MR) is 67.5 cm³/mol. The molecule has 1 aliphatic heterocycles. The topological polar surface area (TPSA) is 99.1 Å². The summed E-state index contributed by atoms with van der Waals surface area (Å²) in [6.07, 6.45) is 1.01. The molecule has 8 heteroatoms. The second-order valence-corrected chi connectivity index (χ2v) is 6.01. The molecule has 106 valence electrons. The van der Waals surface area contributed by atoms with E-state index in [1.165, 1.54) is 12.1 Å². The van der Waals surface area contributed by atoms with Crippen LogP contribution in [0.4, 0.5) is 4.39 Å². The van der Waals surface area contributed by atoms with Crippen LogP contribution in [0.3, 0.4) is 0 Å². The first-order valence-electron chi connectivity index (χ1n) is 5.94. The molecule has 1 fully saturated rings. The van der Waals surface area contributed by atoms with Gasteiger partial charge in [-0.15, -0.1) is 0 Å². The van der Waals surface area contributed by atoms with Gasteiger partial charge in [0.2, 0.25) is 15.9 Å². The Labute approximate surface area is 115 Å². The monoisotopic (exact) mass is 297 g/mol. The molecule has 1 heterocycles. The molecular weight excluding hydrogens is 285 g/mol. The van der Waals surface area contributed by atoms with E-state index in [9.17, 15) is 17.6 Å². The molecule has 0 aliphatic carbocycles. The zero-order valence-electron chi connectivity index (χ0n) is 10.4. The van der Waals surface area contributed by atoms with Crippen molar-refractivity contribution in [3.05, 3.63) is 29.6 Å². The maximum atomic E-state index is 13.4. The second kappa shape index (κ2) is 5.56. The Morgan fingerprint density at radius 2 is 2.20 bits per heavy atom. The van der Waals surface area contributed by atoms with Crippen LogP contribution in [-0.2, 0) is 14.8 Å². The maximum absolute atomic E-state index is 13.4. The van der Waals surface area contributed by atoms with Gasteiger partial charge in [0.25, 0.3) is 0 Å². The van der Waals surface area contributed by atoms with Crippen molar-refractivity contribution < 1.29 is 17.6 Å². The van der Waals surface area contributed by atoms with Gasteiger partial charge in [0, 0.05) is 6.54 Å². The molecule has 1 amide bonds. The Balaban J connectivity index is 2.34. The van der Waals surface area contributed by atoms with Crippen molar-refractivity contribution in [2.45, 2.75) is 23.8 Å². The van der Waals surface area contributed by atoms with E-state index < -0.39 is 38.2 Å². The van der Waals surface area contributed by atoms with Crippen LogP contribution >= 0.6 is 0 Å². The summed E-state index contributed by atoms with van der Waals surface area (Å²) < 4.78 is 40.0. The van der Waals surface area contributed by atoms with Crippen LogP contribution in [0.5, 0.6) is 0 Å². The van der Waals surface area contributed by atoms with Crippen molar-refractivity contribution in [3.8, 4) is 6.07 Å². The highest BCUT2D eigenvalue weighted by molar-refractivity contribution is 7.89. The fourth-order valence-corrected chi connectivity index (χ4v) is 3.37. The molecule has 0 aromatic heterocycles. The van der Waals surface area contributed by atoms with E-state index in [0.29, 0.717) is 19.4 Å². The van der Waals surface area contributed by atoms with Gasteiger partial charge in [-0.05, 0) is 25.0 Å². The summed E-state index contributed by atoms with van der Waals surface area (Å²) >= 11 is 0. The fourth-order valence-electron chi connectivity index (χ4n) is 1.97. The van der Waals surface area contributed by atoms with Crippen LogP contribution in [0.2, 0.25) is 0 Å². The van der Waals surface area contributed by atoms with E-state index in [1.807, 2.05) is 0 Å². The van der Waals surface area contributed by atoms with Gasteiger partial charge in [-0.3, -0.25) is 4.79 Å². The molecule has 20 heavy (non-hydrogen) atoms. The van der Waals surface area contributed by atoms with Crippen LogP contribution in [0.25, 0.3) is 0 Å². The number of hydrogen-bond donors (Lipinski definition) is 2. The highest BCUT2D eigenvalue weighted by Gasteiger charge is 2.29. The van der Waals surface area contributed by atoms with E-state index in [4.69, 9.17) is 5.26 Å². The van der Waals surface area contributed by atoms with E-state index >= 15 is 0 Å². The molecule has 0 radical (unpaired) electrons. The minimum atomic E-state index is -4.13. The summed E-state index contributed by atoms with van der Waals surface area (Å²) in [7, 11) is -4.13. The standard InChI is InChI=1S/C12H12FN3O3S/c13-9-3-1-5-11(8(9)7-14)20(18,19)16-10-4-2-6-15-12(10)17/h1,3,5,10,16H,2,4,6H2,(H,15,17). The normalized spacial score (nSPS) is 19.2. The molecular formula is C12H12FN3O3S. The summed E-state index contributed by atoms with van der Waals surface area (Å²) in [5.74, 6) is -1.33. The molecule has 1 aromatic rings. The maximum Gasteiger partial charge on any atom is 0.242 e. The summed E-state index contributed by atoms with van der Waals surface area (Å²) in [5.41, 5.74) is -0.559. The van der Waals surface area contributed by atoms with Crippen LogP contribution in [0.1, 0.15) is 18.4 Å². The molecule has 0 saturated carbocycles. The molecule has 1 aromatic carbocycles. The number of carbonyl (C=O) groups excluding carboxylic acids is 1. The number of amides is 1. The Hall–Kier alpha value is -1.98. The first kappa shape index (κ1) is 14.4. The van der Waals surface area contributed by atoms with Gasteiger partial charge in [-0.25, -0.2) is 12.8 Å². The van der Waals surface area contributed by atoms with Gasteiger partial charge < -0.3 is 5.32 Å². The van der Waals surface area contributed by atoms with Gasteiger partial charge in [-0.1, -0.05) is 6.07 Å². The third-order valence-electron chi connectivity index (χ3n) is 2.96. The summed E-state index contributed by atoms with van der Waals surface area (Å²) in [5, 5.41) is 11.4. The lowest BCUT2D eigenvalue weighted by Gasteiger charge is -2.22. The van der Waals surface area contributed by atoms with Gasteiger partial charge in [-0.2, -0.15) is 9.98 Å². The van der Waals surface area contributed by atoms with Gasteiger partial charge in [0.1, 0.15) is 28.4 Å². The molecule has 1 unspecified atom stereocenters. The minimum Gasteiger partial charge on any atom is -0.355 e. The minimum absolute atomic E-state index is 0.363. The van der Waals surface area contributed by atoms with Crippen molar-refractivity contribution in [3.63, 3.8) is 0 Å². The third kappa shape index (κ3) is 2.79. The van der Waals surface area contributed by atoms with Crippen LogP contribution in [0.15, 0.2) is 23.1 Å². The lowest BCUT2D eigenvalue weighted by molar-refractivity contribution is -0.124. The molecule has 0 bridgehead atoms. The number of nitriles is 1. The summed E-state index contributed by atoms with van der Waals surface area (Å²) in [4.78, 5) is 11.1. The number of piperidine rings is 1. The van der Waals surface area contributed by atoms with Gasteiger partial charge in [0.15, 0.2) is 0 Å². The SMILES string of the molecule is N#Cc1c(F)cccc1S(=O)(=O)NC1CCCNC1=O. The van der Waals surface area contributed by atoms with Crippen molar-refractivity contribution in [2.24, 2.45) is 0 Å². The first-order chi connectivity index (χ1) is 9.45. The molecule has 0 spiro atoms. The van der Waals surface area contributed by atoms with Crippen molar-refractivity contribution in [2.75, 3.05) is 6.54 Å². The number of rotatable bonds is 3. The zero-order valence-corrected chi connectivity index (χ0v) is 11.2. The smallest absolute Gasteiger partial charge is 0.242 e. The van der Waals surface area contributed by atoms with E-state index in [0.717, 1.165) is 12.1 Å². The summed E-state index contributed by atoms with van der Waals surface area (Å²) in [6.45, 7) is 0.500. The highest BCUT2D eigenvalue weighted by Crippen LogP contribution is 2.19. The second-order valence-electron chi connectivity index (χ2n) is 4.33. The van der Waals surface area contributed by atoms with Crippen molar-refractivity contribution in [1.29, 1.82) is 5.26 Å². The molecule has 1 saturated heterocycles. The third-order valence-corrected chi connectivity index (χ3v) is 4.47. The zero-order chi connectivity index (χ0) is 14.8. The number of hydrogen-bond acceptors (Lipinski definition) is 4. The largest absolute Gasteiger partial charge is 0.355 e. The number of nitrogens with one attached hydrogen (secondary N) is 2. The average molecular weight is 297 g/mol. The van der Waals surface area contributed by atoms with E-state index in [-0.39, 0.29) is 0 Å². The van der Waals surface area contributed by atoms with Gasteiger partial charge in [0.05, 0.1) is 0 Å². The lowest BCUT2D eigenvalue weighted by Crippen LogP contribution is -2.50. The highest BCUT2D eigenvalue weighted by atomic mass is 32.2. The number of halogens is 1. The number of benzene rings is 1. The molecule has 2 rings (SSSR count). The van der Waals surface area contributed by atoms with Crippen LogP contribution in [-0.4, -0.2) is 26.9 Å². The molecule has 2 N–H and O–H groups in total. The van der Waals surface area contributed by atoms with Crippen LogP contribution < -0.4 is 10.0 Å². The Morgan fingerprint density at radius 3 is 2.85 bits per heavy atom. The molecule has 1 atom stereocenters. The first-order valence-corrected chi connectivity index (χ1v) is 7.42. The van der Waals surface area contributed by atoms with E-state index in [2.05, 4.69) is 10.0 Å². The Morgan fingerprint density at radius 1 is 1.45 bits per heavy atom. The van der Waals surface area contributed by atoms with Crippen molar-refractivity contribution in [1.82, 2.24) is 10.0 Å². The summed E-state index contributed by atoms with van der Waals surface area (Å²) in [6, 6.07) is 3.96. The van der Waals surface area contributed by atoms with E-state index in [1.54, 1.807) is 0 Å².